The molecule has 1 aliphatic carbocycles. The normalized spacial score (nSPS) is 15.7. The second-order valence-electron chi connectivity index (χ2n) is 6.61. The van der Waals surface area contributed by atoms with Gasteiger partial charge in [0.05, 0.1) is 0 Å². The van der Waals surface area contributed by atoms with Crippen molar-refractivity contribution in [1.82, 2.24) is 9.88 Å². The van der Waals surface area contributed by atoms with Crippen molar-refractivity contribution < 1.29 is 4.79 Å². The van der Waals surface area contributed by atoms with Crippen LogP contribution in [-0.2, 0) is 0 Å². The maximum Gasteiger partial charge on any atom is 0.270 e. The topological polar surface area (TPSA) is 53.2 Å². The number of aromatic nitrogens is 1. The number of H-pyrrole nitrogens is 1. The van der Waals surface area contributed by atoms with Gasteiger partial charge in [-0.15, -0.1) is 0 Å². The minimum Gasteiger partial charge on any atom is -0.350 e. The zero-order valence-corrected chi connectivity index (χ0v) is 13.7. The van der Waals surface area contributed by atoms with Crippen LogP contribution in [0.4, 0.5) is 0 Å². The molecule has 0 atom stereocenters. The van der Waals surface area contributed by atoms with Crippen molar-refractivity contribution in [1.29, 1.82) is 0 Å². The first kappa shape index (κ1) is 15.8. The van der Waals surface area contributed by atoms with E-state index in [0.717, 1.165) is 18.9 Å². The maximum atomic E-state index is 12.6. The summed E-state index contributed by atoms with van der Waals surface area (Å²) < 4.78 is 0. The Bertz CT molecular complexity index is 744. The van der Waals surface area contributed by atoms with Gasteiger partial charge in [0.25, 0.3) is 5.91 Å². The Kier molecular flexibility index (Phi) is 4.79. The largest absolute Gasteiger partial charge is 0.350 e. The number of nitrogens with zero attached hydrogens (tertiary/aromatic N) is 1. The average Bonchev–Trinajstić information content (AvgIpc) is 2.60. The van der Waals surface area contributed by atoms with Gasteiger partial charge in [-0.1, -0.05) is 44.2 Å². The lowest BCUT2D eigenvalue weighted by Crippen LogP contribution is -2.30. The molecule has 1 fully saturated rings. The molecule has 3 rings (SSSR count). The number of para-hydroxylation sites is 1. The summed E-state index contributed by atoms with van der Waals surface area (Å²) in [6, 6.07) is 8.71. The van der Waals surface area contributed by atoms with Crippen LogP contribution in [0.5, 0.6) is 0 Å². The first-order valence-corrected chi connectivity index (χ1v) is 8.52. The van der Waals surface area contributed by atoms with E-state index in [1.54, 1.807) is 11.0 Å². The number of amides is 1. The first-order chi connectivity index (χ1) is 11.1. The molecule has 1 aromatic heterocycles. The van der Waals surface area contributed by atoms with Crippen LogP contribution in [0, 0.1) is 5.92 Å². The highest BCUT2D eigenvalue weighted by Gasteiger charge is 2.18. The molecular formula is C19H24N2O2. The minimum absolute atomic E-state index is 0.108. The van der Waals surface area contributed by atoms with E-state index in [-0.39, 0.29) is 11.3 Å². The van der Waals surface area contributed by atoms with Gasteiger partial charge in [-0.25, -0.2) is 0 Å². The summed E-state index contributed by atoms with van der Waals surface area (Å²) in [4.78, 5) is 29.5. The summed E-state index contributed by atoms with van der Waals surface area (Å²) in [6.45, 7) is 0.748. The summed E-state index contributed by atoms with van der Waals surface area (Å²) in [5.41, 5.74) is 0.979. The Hall–Kier alpha value is -2.10. The lowest BCUT2D eigenvalue weighted by atomic mass is 9.87. The van der Waals surface area contributed by atoms with Gasteiger partial charge in [-0.05, 0) is 24.5 Å². The molecule has 23 heavy (non-hydrogen) atoms. The highest BCUT2D eigenvalue weighted by atomic mass is 16.2. The summed E-state index contributed by atoms with van der Waals surface area (Å²) in [6.07, 6.45) is 7.62. The SMILES string of the molecule is CN(CCC1CCCCC1)C(=O)c1cc(=O)c2ccccc2[nH]1. The number of aromatic amines is 1. The lowest BCUT2D eigenvalue weighted by Gasteiger charge is -2.24. The molecule has 1 saturated carbocycles. The van der Waals surface area contributed by atoms with Gasteiger partial charge >= 0.3 is 0 Å². The minimum atomic E-state index is -0.108. The third kappa shape index (κ3) is 3.63. The molecule has 2 aromatic rings. The van der Waals surface area contributed by atoms with E-state index in [1.807, 2.05) is 25.2 Å². The van der Waals surface area contributed by atoms with Crippen molar-refractivity contribution >= 4 is 16.8 Å². The van der Waals surface area contributed by atoms with E-state index in [9.17, 15) is 9.59 Å². The van der Waals surface area contributed by atoms with Gasteiger partial charge in [0.1, 0.15) is 5.69 Å². The quantitative estimate of drug-likeness (QED) is 0.938. The van der Waals surface area contributed by atoms with Gasteiger partial charge in [0.2, 0.25) is 0 Å². The molecule has 0 bridgehead atoms. The smallest absolute Gasteiger partial charge is 0.270 e. The first-order valence-electron chi connectivity index (χ1n) is 8.52. The van der Waals surface area contributed by atoms with Crippen molar-refractivity contribution in [3.8, 4) is 0 Å². The zero-order valence-electron chi connectivity index (χ0n) is 13.7. The molecule has 0 radical (unpaired) electrons. The average molecular weight is 312 g/mol. The van der Waals surface area contributed by atoms with E-state index in [0.29, 0.717) is 16.6 Å². The van der Waals surface area contributed by atoms with Crippen LogP contribution >= 0.6 is 0 Å². The molecule has 4 heteroatoms. The standard InChI is InChI=1S/C19H24N2O2/c1-21(12-11-14-7-3-2-4-8-14)19(23)17-13-18(22)15-9-5-6-10-16(15)20-17/h5-6,9-10,13-14H,2-4,7-8,11-12H2,1H3,(H,20,22). The molecule has 1 aliphatic rings. The molecule has 122 valence electrons. The van der Waals surface area contributed by atoms with Crippen LogP contribution in [0.3, 0.4) is 0 Å². The summed E-state index contributed by atoms with van der Waals surface area (Å²) in [5, 5.41) is 0.619. The van der Waals surface area contributed by atoms with Crippen molar-refractivity contribution in [3.63, 3.8) is 0 Å². The predicted octanol–water partition coefficient (Wildman–Crippen LogP) is 3.57. The Morgan fingerprint density at radius 2 is 1.96 bits per heavy atom. The Morgan fingerprint density at radius 1 is 1.22 bits per heavy atom. The molecule has 1 heterocycles. The van der Waals surface area contributed by atoms with Gasteiger partial charge in [-0.3, -0.25) is 9.59 Å². The highest BCUT2D eigenvalue weighted by molar-refractivity contribution is 5.94. The third-order valence-corrected chi connectivity index (χ3v) is 4.91. The van der Waals surface area contributed by atoms with Crippen molar-refractivity contribution in [2.75, 3.05) is 13.6 Å². The van der Waals surface area contributed by atoms with Crippen LogP contribution in [-0.4, -0.2) is 29.4 Å². The van der Waals surface area contributed by atoms with E-state index in [1.165, 1.54) is 38.2 Å². The van der Waals surface area contributed by atoms with Gasteiger partial charge in [-0.2, -0.15) is 0 Å². The summed E-state index contributed by atoms with van der Waals surface area (Å²) in [7, 11) is 1.82. The number of fused-ring (bicyclic) bond motifs is 1. The van der Waals surface area contributed by atoms with Crippen LogP contribution in [0.1, 0.15) is 49.0 Å². The third-order valence-electron chi connectivity index (χ3n) is 4.91. The Labute approximate surface area is 136 Å². The predicted molar refractivity (Wildman–Crippen MR) is 92.7 cm³/mol. The second kappa shape index (κ2) is 6.99. The fraction of sp³-hybridized carbons (Fsp3) is 0.474. The summed E-state index contributed by atoms with van der Waals surface area (Å²) in [5.74, 6) is 0.637. The number of pyridine rings is 1. The number of hydrogen-bond acceptors (Lipinski definition) is 2. The number of benzene rings is 1. The van der Waals surface area contributed by atoms with E-state index in [2.05, 4.69) is 4.98 Å². The number of rotatable bonds is 4. The van der Waals surface area contributed by atoms with Crippen molar-refractivity contribution in [2.45, 2.75) is 38.5 Å². The maximum absolute atomic E-state index is 12.6. The fourth-order valence-electron chi connectivity index (χ4n) is 3.47. The molecule has 0 aliphatic heterocycles. The molecule has 0 spiro atoms. The van der Waals surface area contributed by atoms with Crippen LogP contribution < -0.4 is 5.43 Å². The Morgan fingerprint density at radius 3 is 2.74 bits per heavy atom. The number of carbonyl (C=O) groups is 1. The van der Waals surface area contributed by atoms with E-state index in [4.69, 9.17) is 0 Å². The van der Waals surface area contributed by atoms with E-state index < -0.39 is 0 Å². The lowest BCUT2D eigenvalue weighted by molar-refractivity contribution is 0.0778. The van der Waals surface area contributed by atoms with Crippen molar-refractivity contribution in [2.24, 2.45) is 5.92 Å². The monoisotopic (exact) mass is 312 g/mol. The molecule has 1 amide bonds. The van der Waals surface area contributed by atoms with Gasteiger partial charge < -0.3 is 9.88 Å². The van der Waals surface area contributed by atoms with Crippen LogP contribution in [0.15, 0.2) is 35.1 Å². The fourth-order valence-corrected chi connectivity index (χ4v) is 3.47. The summed E-state index contributed by atoms with van der Waals surface area (Å²) >= 11 is 0. The zero-order chi connectivity index (χ0) is 16.2. The highest BCUT2D eigenvalue weighted by Crippen LogP contribution is 2.26. The van der Waals surface area contributed by atoms with Crippen LogP contribution in [0.25, 0.3) is 10.9 Å². The molecule has 1 N–H and O–H groups in total. The van der Waals surface area contributed by atoms with Gasteiger partial charge in [0.15, 0.2) is 5.43 Å². The molecule has 0 saturated heterocycles. The van der Waals surface area contributed by atoms with Crippen LogP contribution in [0.2, 0.25) is 0 Å². The van der Waals surface area contributed by atoms with Gasteiger partial charge in [0, 0.05) is 30.6 Å². The van der Waals surface area contributed by atoms with E-state index >= 15 is 0 Å². The molecule has 1 aromatic carbocycles. The number of hydrogen-bond donors (Lipinski definition) is 1. The second-order valence-corrected chi connectivity index (χ2v) is 6.61. The molecular weight excluding hydrogens is 288 g/mol. The van der Waals surface area contributed by atoms with Crippen molar-refractivity contribution in [3.05, 3.63) is 46.2 Å². The molecule has 4 nitrogen and oxygen atoms in total. The number of nitrogens with one attached hydrogen (secondary N) is 1. The number of carbonyl (C=O) groups excluding carboxylic acids is 1. The Balaban J connectivity index is 1.70. The molecule has 0 unspecified atom stereocenters.